The number of aromatic nitrogens is 6. The quantitative estimate of drug-likeness (QED) is 0.378. The van der Waals surface area contributed by atoms with Crippen molar-refractivity contribution in [2.45, 2.75) is 6.92 Å². The number of benzene rings is 1. The van der Waals surface area contributed by atoms with Gasteiger partial charge >= 0.3 is 0 Å². The maximum Gasteiger partial charge on any atom is 0.157 e. The molecule has 6 aromatic rings. The highest BCUT2D eigenvalue weighted by molar-refractivity contribution is 7.15. The van der Waals surface area contributed by atoms with Crippen LogP contribution in [0.4, 0.5) is 4.39 Å². The van der Waals surface area contributed by atoms with Crippen LogP contribution in [-0.2, 0) is 0 Å². The lowest BCUT2D eigenvalue weighted by Gasteiger charge is -2.02. The van der Waals surface area contributed by atoms with Crippen LogP contribution in [0, 0.1) is 12.7 Å². The summed E-state index contributed by atoms with van der Waals surface area (Å²) in [5.74, 6) is 0.189. The zero-order valence-corrected chi connectivity index (χ0v) is 17.2. The number of halogens is 1. The van der Waals surface area contributed by atoms with Gasteiger partial charge in [0.1, 0.15) is 22.4 Å². The van der Waals surface area contributed by atoms with Crippen LogP contribution in [0.15, 0.2) is 61.1 Å². The monoisotopic (exact) mass is 426 g/mol. The highest BCUT2D eigenvalue weighted by Crippen LogP contribution is 2.35. The van der Waals surface area contributed by atoms with Gasteiger partial charge in [0.2, 0.25) is 0 Å². The number of fused-ring (bicyclic) bond motifs is 2. The molecule has 150 valence electrons. The molecule has 8 heteroatoms. The third-order valence-electron chi connectivity index (χ3n) is 5.22. The number of hydrogen-bond donors (Lipinski definition) is 2. The Morgan fingerprint density at radius 3 is 2.74 bits per heavy atom. The molecular formula is C23H15FN6S. The summed E-state index contributed by atoms with van der Waals surface area (Å²) in [6.07, 6.45) is 5.17. The largest absolute Gasteiger partial charge is 0.337 e. The molecule has 0 aliphatic heterocycles. The van der Waals surface area contributed by atoms with Gasteiger partial charge in [-0.25, -0.2) is 9.37 Å². The number of imidazole rings is 1. The first-order valence-electron chi connectivity index (χ1n) is 9.67. The van der Waals surface area contributed by atoms with E-state index < -0.39 is 5.82 Å². The Balaban J connectivity index is 1.55. The van der Waals surface area contributed by atoms with Crippen molar-refractivity contribution in [3.63, 3.8) is 0 Å². The van der Waals surface area contributed by atoms with Crippen LogP contribution in [0.5, 0.6) is 0 Å². The van der Waals surface area contributed by atoms with Gasteiger partial charge in [-0.2, -0.15) is 5.10 Å². The van der Waals surface area contributed by atoms with Crippen molar-refractivity contribution in [3.05, 3.63) is 71.7 Å². The lowest BCUT2D eigenvalue weighted by molar-refractivity contribution is 0.636. The third-order valence-corrected chi connectivity index (χ3v) is 6.23. The third kappa shape index (κ3) is 2.91. The van der Waals surface area contributed by atoms with Gasteiger partial charge < -0.3 is 4.98 Å². The van der Waals surface area contributed by atoms with Crippen molar-refractivity contribution in [1.82, 2.24) is 30.1 Å². The SMILES string of the molecule is Cc1ccc(-c2nccc3[nH]c(-c4[nH]nc5c(F)cc(-c6cccnc6)cc45)nc23)s1. The van der Waals surface area contributed by atoms with Gasteiger partial charge in [-0.15, -0.1) is 11.3 Å². The Hall–Kier alpha value is -3.91. The van der Waals surface area contributed by atoms with E-state index >= 15 is 0 Å². The molecule has 0 saturated heterocycles. The van der Waals surface area contributed by atoms with Gasteiger partial charge in [0, 0.05) is 34.4 Å². The topological polar surface area (TPSA) is 83.1 Å². The Morgan fingerprint density at radius 2 is 1.94 bits per heavy atom. The van der Waals surface area contributed by atoms with E-state index in [0.717, 1.165) is 32.7 Å². The smallest absolute Gasteiger partial charge is 0.157 e. The van der Waals surface area contributed by atoms with Crippen molar-refractivity contribution >= 4 is 33.3 Å². The van der Waals surface area contributed by atoms with Crippen molar-refractivity contribution in [2.24, 2.45) is 0 Å². The molecule has 5 heterocycles. The van der Waals surface area contributed by atoms with E-state index in [4.69, 9.17) is 4.98 Å². The summed E-state index contributed by atoms with van der Waals surface area (Å²) in [6, 6.07) is 13.1. The molecule has 0 unspecified atom stereocenters. The molecule has 0 aliphatic carbocycles. The maximum absolute atomic E-state index is 14.8. The molecule has 5 aromatic heterocycles. The second-order valence-electron chi connectivity index (χ2n) is 7.25. The normalized spacial score (nSPS) is 11.5. The molecule has 0 amide bonds. The Morgan fingerprint density at radius 1 is 1.00 bits per heavy atom. The molecule has 0 saturated carbocycles. The van der Waals surface area contributed by atoms with E-state index in [-0.39, 0.29) is 5.52 Å². The Bertz CT molecular complexity index is 1560. The lowest BCUT2D eigenvalue weighted by atomic mass is 10.0. The first kappa shape index (κ1) is 17.9. The Labute approximate surface area is 179 Å². The zero-order chi connectivity index (χ0) is 20.9. The van der Waals surface area contributed by atoms with Crippen LogP contribution in [0.25, 0.3) is 55.2 Å². The summed E-state index contributed by atoms with van der Waals surface area (Å²) in [7, 11) is 0. The average molecular weight is 426 g/mol. The number of nitrogens with one attached hydrogen (secondary N) is 2. The summed E-state index contributed by atoms with van der Waals surface area (Å²) in [5, 5.41) is 7.80. The van der Waals surface area contributed by atoms with E-state index in [2.05, 4.69) is 44.2 Å². The van der Waals surface area contributed by atoms with E-state index in [0.29, 0.717) is 16.9 Å². The summed E-state index contributed by atoms with van der Waals surface area (Å²) in [4.78, 5) is 19.1. The first-order chi connectivity index (χ1) is 15.2. The zero-order valence-electron chi connectivity index (χ0n) is 16.3. The molecule has 0 radical (unpaired) electrons. The van der Waals surface area contributed by atoms with Crippen molar-refractivity contribution in [3.8, 4) is 33.2 Å². The summed E-state index contributed by atoms with van der Waals surface area (Å²) in [6.45, 7) is 2.06. The lowest BCUT2D eigenvalue weighted by Crippen LogP contribution is -1.85. The average Bonchev–Trinajstić information content (AvgIpc) is 3.51. The molecule has 0 fully saturated rings. The van der Waals surface area contributed by atoms with Gasteiger partial charge in [-0.3, -0.25) is 15.1 Å². The van der Waals surface area contributed by atoms with Gasteiger partial charge in [-0.05, 0) is 48.9 Å². The second kappa shape index (κ2) is 6.82. The fraction of sp³-hybridized carbons (Fsp3) is 0.0435. The molecule has 0 spiro atoms. The fourth-order valence-corrected chi connectivity index (χ4v) is 4.62. The first-order valence-corrected chi connectivity index (χ1v) is 10.5. The molecular weight excluding hydrogens is 411 g/mol. The van der Waals surface area contributed by atoms with Crippen molar-refractivity contribution in [1.29, 1.82) is 0 Å². The van der Waals surface area contributed by atoms with Crippen LogP contribution < -0.4 is 0 Å². The molecule has 6 nitrogen and oxygen atoms in total. The number of thiophene rings is 1. The summed E-state index contributed by atoms with van der Waals surface area (Å²) < 4.78 is 14.8. The maximum atomic E-state index is 14.8. The number of hydrogen-bond acceptors (Lipinski definition) is 5. The molecule has 2 N–H and O–H groups in total. The van der Waals surface area contributed by atoms with Crippen LogP contribution in [0.3, 0.4) is 0 Å². The van der Waals surface area contributed by atoms with E-state index in [9.17, 15) is 4.39 Å². The van der Waals surface area contributed by atoms with Gasteiger partial charge in [0.05, 0.1) is 10.4 Å². The minimum Gasteiger partial charge on any atom is -0.337 e. The van der Waals surface area contributed by atoms with E-state index in [1.54, 1.807) is 29.9 Å². The van der Waals surface area contributed by atoms with E-state index in [1.165, 1.54) is 10.9 Å². The van der Waals surface area contributed by atoms with Crippen LogP contribution in [-0.4, -0.2) is 30.1 Å². The van der Waals surface area contributed by atoms with Gasteiger partial charge in [0.15, 0.2) is 11.6 Å². The van der Waals surface area contributed by atoms with Gasteiger partial charge in [0.25, 0.3) is 0 Å². The number of aryl methyl sites for hydroxylation is 1. The number of rotatable bonds is 3. The molecule has 6 rings (SSSR count). The highest BCUT2D eigenvalue weighted by Gasteiger charge is 2.18. The van der Waals surface area contributed by atoms with Crippen LogP contribution in [0.1, 0.15) is 4.88 Å². The molecule has 31 heavy (non-hydrogen) atoms. The number of nitrogens with zero attached hydrogens (tertiary/aromatic N) is 4. The predicted molar refractivity (Wildman–Crippen MR) is 120 cm³/mol. The standard InChI is InChI=1S/C23H15FN6S/c1-12-4-5-18(31-12)22-21-17(6-8-26-22)27-23(28-21)20-15-9-14(13-3-2-7-25-11-13)10-16(24)19(15)29-30-20/h2-11H,1H3,(H,27,28)(H,29,30). The van der Waals surface area contributed by atoms with Crippen molar-refractivity contribution < 1.29 is 4.39 Å². The summed E-state index contributed by atoms with van der Waals surface area (Å²) in [5.41, 5.74) is 4.92. The molecule has 0 atom stereocenters. The Kier molecular flexibility index (Phi) is 3.94. The number of aromatic amines is 2. The fourth-order valence-electron chi connectivity index (χ4n) is 3.75. The summed E-state index contributed by atoms with van der Waals surface area (Å²) >= 11 is 1.67. The molecule has 0 aliphatic rings. The van der Waals surface area contributed by atoms with Crippen LogP contribution >= 0.6 is 11.3 Å². The van der Waals surface area contributed by atoms with Crippen molar-refractivity contribution in [2.75, 3.05) is 0 Å². The molecule has 0 bridgehead atoms. The molecule has 1 aromatic carbocycles. The van der Waals surface area contributed by atoms with Gasteiger partial charge in [-0.1, -0.05) is 6.07 Å². The minimum atomic E-state index is -0.397. The predicted octanol–water partition coefficient (Wildman–Crippen LogP) is 5.74. The van der Waals surface area contributed by atoms with Crippen LogP contribution in [0.2, 0.25) is 0 Å². The highest BCUT2D eigenvalue weighted by atomic mass is 32.1. The second-order valence-corrected chi connectivity index (χ2v) is 8.53. The van der Waals surface area contributed by atoms with E-state index in [1.807, 2.05) is 24.3 Å². The minimum absolute atomic E-state index is 0.273. The number of H-pyrrole nitrogens is 2. The number of pyridine rings is 2.